The van der Waals surface area contributed by atoms with Crippen LogP contribution in [-0.4, -0.2) is 41.9 Å². The molecule has 1 fully saturated rings. The molecule has 0 saturated carbocycles. The van der Waals surface area contributed by atoms with Gasteiger partial charge in [-0.1, -0.05) is 24.3 Å². The highest BCUT2D eigenvalue weighted by molar-refractivity contribution is 6.03. The van der Waals surface area contributed by atoms with Crippen molar-refractivity contribution in [2.24, 2.45) is 0 Å². The van der Waals surface area contributed by atoms with Crippen LogP contribution in [0.25, 0.3) is 0 Å². The number of nitrogens with one attached hydrogen (secondary N) is 3. The van der Waals surface area contributed by atoms with Gasteiger partial charge in [-0.3, -0.25) is 9.59 Å². The second kappa shape index (κ2) is 9.91. The Kier molecular flexibility index (Phi) is 7.06. The third-order valence-electron chi connectivity index (χ3n) is 4.89. The second-order valence-electron chi connectivity index (χ2n) is 7.68. The maximum absolute atomic E-state index is 12.6. The van der Waals surface area contributed by atoms with E-state index in [1.807, 2.05) is 30.9 Å². The lowest BCUT2D eigenvalue weighted by Crippen LogP contribution is -2.35. The molecule has 0 radical (unpaired) electrons. The van der Waals surface area contributed by atoms with Crippen LogP contribution in [0.15, 0.2) is 48.5 Å². The molecule has 7 heteroatoms. The van der Waals surface area contributed by atoms with Gasteiger partial charge in [0.15, 0.2) is 0 Å². The van der Waals surface area contributed by atoms with Crippen molar-refractivity contribution in [3.05, 3.63) is 65.2 Å². The molecule has 0 atom stereocenters. The quantitative estimate of drug-likeness (QED) is 0.684. The van der Waals surface area contributed by atoms with Crippen LogP contribution < -0.4 is 16.0 Å². The first-order valence-electron chi connectivity index (χ1n) is 10.3. The summed E-state index contributed by atoms with van der Waals surface area (Å²) in [6, 6.07) is 13.8. The number of carbonyl (C=O) groups is 3. The smallest absolute Gasteiger partial charge is 0.319 e. The van der Waals surface area contributed by atoms with Gasteiger partial charge in [-0.15, -0.1) is 0 Å². The molecule has 2 aromatic rings. The first kappa shape index (κ1) is 21.4. The number of para-hydroxylation sites is 1. The van der Waals surface area contributed by atoms with Crippen molar-refractivity contribution in [2.45, 2.75) is 39.3 Å². The first-order valence-corrected chi connectivity index (χ1v) is 10.3. The van der Waals surface area contributed by atoms with Crippen molar-refractivity contribution < 1.29 is 14.4 Å². The van der Waals surface area contributed by atoms with Crippen LogP contribution in [-0.2, 0) is 6.54 Å². The van der Waals surface area contributed by atoms with Gasteiger partial charge in [0.2, 0.25) is 0 Å². The zero-order chi connectivity index (χ0) is 21.5. The number of hydrogen-bond donors (Lipinski definition) is 3. The molecule has 0 aliphatic carbocycles. The van der Waals surface area contributed by atoms with E-state index in [2.05, 4.69) is 16.0 Å². The van der Waals surface area contributed by atoms with Gasteiger partial charge in [-0.2, -0.15) is 0 Å². The molecule has 1 aliphatic rings. The van der Waals surface area contributed by atoms with E-state index in [1.165, 1.54) is 0 Å². The zero-order valence-corrected chi connectivity index (χ0v) is 17.4. The van der Waals surface area contributed by atoms with Crippen molar-refractivity contribution in [3.63, 3.8) is 0 Å². The Labute approximate surface area is 176 Å². The molecule has 4 amide bonds. The Morgan fingerprint density at radius 3 is 2.30 bits per heavy atom. The van der Waals surface area contributed by atoms with Crippen LogP contribution in [0.5, 0.6) is 0 Å². The van der Waals surface area contributed by atoms with E-state index in [0.29, 0.717) is 23.4 Å². The average Bonchev–Trinajstić information content (AvgIpc) is 3.26. The Balaban J connectivity index is 1.59. The number of likely N-dealkylation sites (tertiary alicyclic amines) is 1. The van der Waals surface area contributed by atoms with Crippen molar-refractivity contribution >= 4 is 23.5 Å². The largest absolute Gasteiger partial charge is 0.348 e. The Hall–Kier alpha value is -3.35. The van der Waals surface area contributed by atoms with Crippen LogP contribution in [0.4, 0.5) is 10.5 Å². The monoisotopic (exact) mass is 408 g/mol. The predicted molar refractivity (Wildman–Crippen MR) is 116 cm³/mol. The average molecular weight is 409 g/mol. The summed E-state index contributed by atoms with van der Waals surface area (Å²) in [6.45, 7) is 5.69. The third kappa shape index (κ3) is 5.59. The molecule has 1 heterocycles. The summed E-state index contributed by atoms with van der Waals surface area (Å²) >= 11 is 0. The summed E-state index contributed by atoms with van der Waals surface area (Å²) in [5.74, 6) is -0.226. The van der Waals surface area contributed by atoms with E-state index in [-0.39, 0.29) is 23.9 Å². The summed E-state index contributed by atoms with van der Waals surface area (Å²) in [6.07, 6.45) is 2.12. The number of urea groups is 1. The number of hydrogen-bond acceptors (Lipinski definition) is 3. The topological polar surface area (TPSA) is 90.5 Å². The molecule has 7 nitrogen and oxygen atoms in total. The molecule has 0 spiro atoms. The fourth-order valence-corrected chi connectivity index (χ4v) is 3.36. The van der Waals surface area contributed by atoms with Crippen LogP contribution in [0.3, 0.4) is 0 Å². The summed E-state index contributed by atoms with van der Waals surface area (Å²) in [7, 11) is 0. The molecule has 3 rings (SSSR count). The highest BCUT2D eigenvalue weighted by Gasteiger charge is 2.19. The normalized spacial score (nSPS) is 13.2. The van der Waals surface area contributed by atoms with Gasteiger partial charge in [-0.05, 0) is 56.5 Å². The molecule has 1 aliphatic heterocycles. The fraction of sp³-hybridized carbons (Fsp3) is 0.348. The molecule has 30 heavy (non-hydrogen) atoms. The van der Waals surface area contributed by atoms with E-state index >= 15 is 0 Å². The van der Waals surface area contributed by atoms with Crippen molar-refractivity contribution in [3.8, 4) is 0 Å². The molecule has 158 valence electrons. The van der Waals surface area contributed by atoms with Crippen molar-refractivity contribution in [2.75, 3.05) is 18.4 Å². The third-order valence-corrected chi connectivity index (χ3v) is 4.89. The molecule has 0 aromatic heterocycles. The summed E-state index contributed by atoms with van der Waals surface area (Å²) in [5, 5.41) is 8.32. The minimum atomic E-state index is -0.358. The van der Waals surface area contributed by atoms with Gasteiger partial charge in [0.1, 0.15) is 0 Å². The van der Waals surface area contributed by atoms with Crippen LogP contribution in [0.1, 0.15) is 53.0 Å². The van der Waals surface area contributed by atoms with E-state index in [9.17, 15) is 14.4 Å². The van der Waals surface area contributed by atoms with Crippen LogP contribution in [0, 0.1) is 0 Å². The SMILES string of the molecule is CC(C)NC(=O)Nc1ccccc1C(=O)NCc1ccc(C(=O)N2CCCC2)cc1. The standard InChI is InChI=1S/C23H28N4O3/c1-16(2)25-23(30)26-20-8-4-3-7-19(20)21(28)24-15-17-9-11-18(12-10-17)22(29)27-13-5-6-14-27/h3-4,7-12,16H,5-6,13-15H2,1-2H3,(H,24,28)(H2,25,26,30). The molecule has 0 bridgehead atoms. The van der Waals surface area contributed by atoms with Gasteiger partial charge < -0.3 is 20.9 Å². The number of nitrogens with zero attached hydrogens (tertiary/aromatic N) is 1. The number of rotatable bonds is 6. The highest BCUT2D eigenvalue weighted by Crippen LogP contribution is 2.16. The summed E-state index contributed by atoms with van der Waals surface area (Å²) in [5.41, 5.74) is 2.39. The van der Waals surface area contributed by atoms with Gasteiger partial charge in [0.25, 0.3) is 11.8 Å². The van der Waals surface area contributed by atoms with E-state index in [0.717, 1.165) is 31.5 Å². The second-order valence-corrected chi connectivity index (χ2v) is 7.68. The molecule has 3 N–H and O–H groups in total. The van der Waals surface area contributed by atoms with E-state index < -0.39 is 0 Å². The van der Waals surface area contributed by atoms with Crippen LogP contribution >= 0.6 is 0 Å². The van der Waals surface area contributed by atoms with Crippen molar-refractivity contribution in [1.29, 1.82) is 0 Å². The number of carbonyl (C=O) groups excluding carboxylic acids is 3. The molecule has 1 saturated heterocycles. The van der Waals surface area contributed by atoms with Gasteiger partial charge in [0, 0.05) is 31.2 Å². The zero-order valence-electron chi connectivity index (χ0n) is 17.4. The Bertz CT molecular complexity index is 903. The first-order chi connectivity index (χ1) is 14.4. The fourth-order valence-electron chi connectivity index (χ4n) is 3.36. The highest BCUT2D eigenvalue weighted by atomic mass is 16.2. The van der Waals surface area contributed by atoms with Gasteiger partial charge in [-0.25, -0.2) is 4.79 Å². The predicted octanol–water partition coefficient (Wildman–Crippen LogP) is 3.38. The van der Waals surface area contributed by atoms with Gasteiger partial charge in [0.05, 0.1) is 11.3 Å². The number of benzene rings is 2. The maximum atomic E-state index is 12.6. The number of anilines is 1. The molecule has 0 unspecified atom stereocenters. The Morgan fingerprint density at radius 2 is 1.63 bits per heavy atom. The maximum Gasteiger partial charge on any atom is 0.319 e. The molecule has 2 aromatic carbocycles. The van der Waals surface area contributed by atoms with E-state index in [1.54, 1.807) is 36.4 Å². The lowest BCUT2D eigenvalue weighted by Gasteiger charge is -2.15. The molecular weight excluding hydrogens is 380 g/mol. The van der Waals surface area contributed by atoms with Gasteiger partial charge >= 0.3 is 6.03 Å². The van der Waals surface area contributed by atoms with Crippen LogP contribution in [0.2, 0.25) is 0 Å². The molecular formula is C23H28N4O3. The Morgan fingerprint density at radius 1 is 0.967 bits per heavy atom. The lowest BCUT2D eigenvalue weighted by atomic mass is 10.1. The summed E-state index contributed by atoms with van der Waals surface area (Å²) < 4.78 is 0. The minimum Gasteiger partial charge on any atom is -0.348 e. The lowest BCUT2D eigenvalue weighted by molar-refractivity contribution is 0.0792. The number of amides is 4. The minimum absolute atomic E-state index is 0.00805. The summed E-state index contributed by atoms with van der Waals surface area (Å²) in [4.78, 5) is 38.9. The van der Waals surface area contributed by atoms with Crippen molar-refractivity contribution in [1.82, 2.24) is 15.5 Å². The van der Waals surface area contributed by atoms with E-state index in [4.69, 9.17) is 0 Å².